The first-order chi connectivity index (χ1) is 17.9. The van der Waals surface area contributed by atoms with Crippen molar-refractivity contribution in [2.24, 2.45) is 70.3 Å². The van der Waals surface area contributed by atoms with Gasteiger partial charge in [-0.3, -0.25) is 14.4 Å². The van der Waals surface area contributed by atoms with Crippen LogP contribution in [0.1, 0.15) is 59.8 Å². The maximum absolute atomic E-state index is 14.2. The highest BCUT2D eigenvalue weighted by Crippen LogP contribution is 2.61. The van der Waals surface area contributed by atoms with E-state index in [9.17, 15) is 24.6 Å². The van der Waals surface area contributed by atoms with Crippen molar-refractivity contribution in [3.05, 3.63) is 24.3 Å². The van der Waals surface area contributed by atoms with E-state index in [4.69, 9.17) is 5.73 Å². The number of hydrogen-bond acceptors (Lipinski definition) is 7. The molecule has 3 saturated carbocycles. The van der Waals surface area contributed by atoms with Crippen molar-refractivity contribution in [3.63, 3.8) is 0 Å². The summed E-state index contributed by atoms with van der Waals surface area (Å²) in [6.07, 6.45) is 10.2. The molecule has 0 saturated heterocycles. The minimum atomic E-state index is -1.51. The third kappa shape index (κ3) is 4.47. The minimum Gasteiger partial charge on any atom is -0.388 e. The minimum absolute atomic E-state index is 0.0638. The van der Waals surface area contributed by atoms with Crippen LogP contribution in [0, 0.1) is 64.6 Å². The SMILES string of the molecule is CC(C)NCC1C=CC(C2C=CC(O)C3C(=O)C4C(C)[C@]5(C)C(=O)C(C(N)O)C(=O)C[C@@H]5C[C@@H]4CC23)CC1. The first-order valence-corrected chi connectivity index (χ1v) is 14.8. The van der Waals surface area contributed by atoms with E-state index < -0.39 is 29.6 Å². The quantitative estimate of drug-likeness (QED) is 0.246. The van der Waals surface area contributed by atoms with E-state index in [-0.39, 0.29) is 59.3 Å². The topological polar surface area (TPSA) is 130 Å². The third-order valence-corrected chi connectivity index (χ3v) is 11.2. The molecule has 0 radical (unpaired) electrons. The Morgan fingerprint density at radius 3 is 2.45 bits per heavy atom. The Morgan fingerprint density at radius 1 is 1.08 bits per heavy atom. The van der Waals surface area contributed by atoms with Crippen LogP contribution in [0.15, 0.2) is 24.3 Å². The molecule has 0 spiro atoms. The fourth-order valence-corrected chi connectivity index (χ4v) is 9.04. The summed E-state index contributed by atoms with van der Waals surface area (Å²) in [6, 6.07) is 0.464. The summed E-state index contributed by atoms with van der Waals surface area (Å²) in [5.41, 5.74) is 4.77. The maximum atomic E-state index is 14.2. The lowest BCUT2D eigenvalue weighted by Gasteiger charge is -2.59. The molecule has 0 aromatic rings. The first kappa shape index (κ1) is 27.9. The highest BCUT2D eigenvalue weighted by molar-refractivity contribution is 6.08. The van der Waals surface area contributed by atoms with Gasteiger partial charge in [-0.15, -0.1) is 0 Å². The molecule has 210 valence electrons. The average Bonchev–Trinajstić information content (AvgIpc) is 2.85. The Bertz CT molecular complexity index is 1020. The smallest absolute Gasteiger partial charge is 0.153 e. The standard InChI is InChI=1S/C31H46N2O5/c1-15(2)33-14-17-5-7-18(8-6-17)21-9-10-23(34)26-22(21)12-19-11-20-13-24(35)27(30(32)38)29(37)31(20,4)16(3)25(19)28(26)36/h5,7,9-10,15-23,25-27,30,33-34,38H,6,8,11-14,32H2,1-4H3/t16?,17?,18?,19-,20+,21?,22?,23?,25?,26?,27?,30?,31+/m1/s1. The number of fused-ring (bicyclic) bond motifs is 3. The summed E-state index contributed by atoms with van der Waals surface area (Å²) < 4.78 is 0. The Hall–Kier alpha value is -1.67. The molecule has 0 aromatic carbocycles. The van der Waals surface area contributed by atoms with Crippen LogP contribution in [0.3, 0.4) is 0 Å². The van der Waals surface area contributed by atoms with E-state index in [0.29, 0.717) is 24.3 Å². The Labute approximate surface area is 226 Å². The maximum Gasteiger partial charge on any atom is 0.153 e. The zero-order valence-electron chi connectivity index (χ0n) is 23.3. The van der Waals surface area contributed by atoms with Gasteiger partial charge < -0.3 is 21.3 Å². The number of nitrogens with two attached hydrogens (primary N) is 1. The Morgan fingerprint density at radius 2 is 1.82 bits per heavy atom. The van der Waals surface area contributed by atoms with Crippen LogP contribution in [-0.2, 0) is 14.4 Å². The Kier molecular flexibility index (Phi) is 7.62. The van der Waals surface area contributed by atoms with Crippen LogP contribution < -0.4 is 11.1 Å². The molecule has 7 nitrogen and oxygen atoms in total. The third-order valence-electron chi connectivity index (χ3n) is 11.2. The van der Waals surface area contributed by atoms with Gasteiger partial charge in [0.25, 0.3) is 0 Å². The fourth-order valence-electron chi connectivity index (χ4n) is 9.04. The van der Waals surface area contributed by atoms with E-state index in [1.54, 1.807) is 0 Å². The summed E-state index contributed by atoms with van der Waals surface area (Å²) in [5.74, 6) is -1.71. The number of nitrogens with one attached hydrogen (secondary N) is 1. The van der Waals surface area contributed by atoms with Gasteiger partial charge in [0.1, 0.15) is 23.7 Å². The number of aliphatic hydroxyl groups excluding tert-OH is 2. The van der Waals surface area contributed by atoms with Crippen molar-refractivity contribution in [1.82, 2.24) is 5.32 Å². The van der Waals surface area contributed by atoms with Crippen molar-refractivity contribution < 1.29 is 24.6 Å². The van der Waals surface area contributed by atoms with E-state index in [1.165, 1.54) is 0 Å². The van der Waals surface area contributed by atoms with Crippen molar-refractivity contribution >= 4 is 17.3 Å². The summed E-state index contributed by atoms with van der Waals surface area (Å²) in [7, 11) is 0. The molecule has 7 heteroatoms. The van der Waals surface area contributed by atoms with Crippen LogP contribution in [0.4, 0.5) is 0 Å². The second-order valence-corrected chi connectivity index (χ2v) is 13.5. The second kappa shape index (κ2) is 10.4. The molecule has 0 amide bonds. The number of carbonyl (C=O) groups excluding carboxylic acids is 3. The number of Topliss-reactive ketones (excluding diaryl/α,β-unsaturated/α-hetero) is 3. The van der Waals surface area contributed by atoms with Gasteiger partial charge in [-0.2, -0.15) is 0 Å². The van der Waals surface area contributed by atoms with Gasteiger partial charge in [0.15, 0.2) is 5.78 Å². The molecule has 0 aromatic heterocycles. The molecular formula is C31H46N2O5. The van der Waals surface area contributed by atoms with Crippen molar-refractivity contribution in [2.75, 3.05) is 6.54 Å². The molecule has 13 atom stereocenters. The van der Waals surface area contributed by atoms with Gasteiger partial charge in [0.05, 0.1) is 12.0 Å². The van der Waals surface area contributed by atoms with Crippen molar-refractivity contribution in [3.8, 4) is 0 Å². The zero-order chi connectivity index (χ0) is 27.5. The van der Waals surface area contributed by atoms with Crippen LogP contribution in [0.25, 0.3) is 0 Å². The molecule has 0 bridgehead atoms. The zero-order valence-corrected chi connectivity index (χ0v) is 23.3. The molecule has 38 heavy (non-hydrogen) atoms. The molecule has 5 rings (SSSR count). The normalized spacial score (nSPS) is 47.5. The first-order valence-electron chi connectivity index (χ1n) is 14.8. The number of carbonyl (C=O) groups is 3. The lowest BCUT2D eigenvalue weighted by atomic mass is 9.43. The number of hydrogen-bond donors (Lipinski definition) is 4. The molecular weight excluding hydrogens is 480 g/mol. The van der Waals surface area contributed by atoms with Crippen molar-refractivity contribution in [1.29, 1.82) is 0 Å². The lowest BCUT2D eigenvalue weighted by Crippen LogP contribution is -2.64. The summed E-state index contributed by atoms with van der Waals surface area (Å²) >= 11 is 0. The highest BCUT2D eigenvalue weighted by Gasteiger charge is 2.64. The van der Waals surface area contributed by atoms with Gasteiger partial charge in [-0.1, -0.05) is 52.0 Å². The van der Waals surface area contributed by atoms with E-state index in [2.05, 4.69) is 37.4 Å². The van der Waals surface area contributed by atoms with Crippen LogP contribution in [0.5, 0.6) is 0 Å². The molecule has 3 fully saturated rings. The monoisotopic (exact) mass is 526 g/mol. The lowest BCUT2D eigenvalue weighted by molar-refractivity contribution is -0.172. The second-order valence-electron chi connectivity index (χ2n) is 13.5. The van der Waals surface area contributed by atoms with Crippen LogP contribution in [-0.4, -0.2) is 52.5 Å². The summed E-state index contributed by atoms with van der Waals surface area (Å²) in [5, 5.41) is 24.6. The largest absolute Gasteiger partial charge is 0.388 e. The predicted molar refractivity (Wildman–Crippen MR) is 144 cm³/mol. The van der Waals surface area contributed by atoms with Gasteiger partial charge in [-0.05, 0) is 67.1 Å². The van der Waals surface area contributed by atoms with Crippen LogP contribution >= 0.6 is 0 Å². The molecule has 0 aliphatic heterocycles. The predicted octanol–water partition coefficient (Wildman–Crippen LogP) is 2.65. The molecule has 5 aliphatic carbocycles. The Balaban J connectivity index is 1.39. The number of allylic oxidation sites excluding steroid dienone is 2. The van der Waals surface area contributed by atoms with Gasteiger partial charge in [0, 0.05) is 30.3 Å². The number of rotatable bonds is 5. The average molecular weight is 527 g/mol. The van der Waals surface area contributed by atoms with Gasteiger partial charge >= 0.3 is 0 Å². The molecule has 5 aliphatic rings. The number of aliphatic hydroxyl groups is 2. The summed E-state index contributed by atoms with van der Waals surface area (Å²) in [6.45, 7) is 9.14. The van der Waals surface area contributed by atoms with E-state index >= 15 is 0 Å². The molecule has 0 heterocycles. The van der Waals surface area contributed by atoms with Crippen LogP contribution in [0.2, 0.25) is 0 Å². The summed E-state index contributed by atoms with van der Waals surface area (Å²) in [4.78, 5) is 40.6. The van der Waals surface area contributed by atoms with Gasteiger partial charge in [0.2, 0.25) is 0 Å². The van der Waals surface area contributed by atoms with E-state index in [0.717, 1.165) is 25.8 Å². The molecule has 5 N–H and O–H groups in total. The van der Waals surface area contributed by atoms with E-state index in [1.807, 2.05) is 19.9 Å². The molecule has 10 unspecified atom stereocenters. The highest BCUT2D eigenvalue weighted by atomic mass is 16.3. The number of ketones is 3. The van der Waals surface area contributed by atoms with Crippen molar-refractivity contribution in [2.45, 2.75) is 78.2 Å². The van der Waals surface area contributed by atoms with Gasteiger partial charge in [-0.25, -0.2) is 0 Å². The fraction of sp³-hybridized carbons (Fsp3) is 0.774.